The molecule has 1 fully saturated rings. The molecule has 1 saturated heterocycles. The van der Waals surface area contributed by atoms with E-state index in [9.17, 15) is 0 Å². The van der Waals surface area contributed by atoms with Crippen molar-refractivity contribution in [3.63, 3.8) is 0 Å². The second kappa shape index (κ2) is 3.97. The zero-order valence-corrected chi connectivity index (χ0v) is 7.19. The summed E-state index contributed by atoms with van der Waals surface area (Å²) in [7, 11) is 0. The number of rotatable bonds is 3. The summed E-state index contributed by atoms with van der Waals surface area (Å²) >= 11 is 0. The Labute approximate surface area is 64.2 Å². The Hall–Kier alpha value is -0.0400. The van der Waals surface area contributed by atoms with Gasteiger partial charge in [0.25, 0.3) is 0 Å². The van der Waals surface area contributed by atoms with Crippen LogP contribution in [0, 0.1) is 11.8 Å². The monoisotopic (exact) mass is 141 g/mol. The molecular weight excluding hydrogens is 122 g/mol. The molecule has 1 aliphatic rings. The van der Waals surface area contributed by atoms with Gasteiger partial charge in [0, 0.05) is 0 Å². The SMILES string of the molecule is CC[C@H](C)C[C@@H]1CCNC1. The van der Waals surface area contributed by atoms with E-state index in [0.717, 1.165) is 11.8 Å². The van der Waals surface area contributed by atoms with Crippen LogP contribution in [0.25, 0.3) is 0 Å². The van der Waals surface area contributed by atoms with Crippen LogP contribution in [0.3, 0.4) is 0 Å². The maximum atomic E-state index is 3.40. The summed E-state index contributed by atoms with van der Waals surface area (Å²) in [4.78, 5) is 0. The van der Waals surface area contributed by atoms with Crippen molar-refractivity contribution in [2.24, 2.45) is 11.8 Å². The van der Waals surface area contributed by atoms with Gasteiger partial charge >= 0.3 is 0 Å². The highest BCUT2D eigenvalue weighted by Crippen LogP contribution is 2.19. The van der Waals surface area contributed by atoms with Crippen molar-refractivity contribution in [1.29, 1.82) is 0 Å². The molecule has 1 rings (SSSR count). The minimum absolute atomic E-state index is 0.935. The lowest BCUT2D eigenvalue weighted by atomic mass is 9.94. The predicted molar refractivity (Wildman–Crippen MR) is 45.0 cm³/mol. The highest BCUT2D eigenvalue weighted by Gasteiger charge is 2.15. The van der Waals surface area contributed by atoms with Crippen LogP contribution in [0.4, 0.5) is 0 Å². The fourth-order valence-electron chi connectivity index (χ4n) is 1.65. The van der Waals surface area contributed by atoms with Gasteiger partial charge in [-0.3, -0.25) is 0 Å². The molecule has 0 aromatic carbocycles. The van der Waals surface area contributed by atoms with Crippen LogP contribution < -0.4 is 5.32 Å². The predicted octanol–water partition coefficient (Wildman–Crippen LogP) is 2.03. The largest absolute Gasteiger partial charge is 0.316 e. The van der Waals surface area contributed by atoms with Crippen molar-refractivity contribution in [2.45, 2.75) is 33.1 Å². The van der Waals surface area contributed by atoms with Crippen LogP contribution >= 0.6 is 0 Å². The molecule has 60 valence electrons. The molecule has 10 heavy (non-hydrogen) atoms. The Bertz CT molecular complexity index is 84.7. The van der Waals surface area contributed by atoms with Crippen LogP contribution in [0.5, 0.6) is 0 Å². The summed E-state index contributed by atoms with van der Waals surface area (Å²) in [5, 5.41) is 3.40. The Kier molecular flexibility index (Phi) is 3.20. The molecule has 0 bridgehead atoms. The lowest BCUT2D eigenvalue weighted by Crippen LogP contribution is -2.11. The molecule has 0 spiro atoms. The first-order chi connectivity index (χ1) is 4.83. The summed E-state index contributed by atoms with van der Waals surface area (Å²) in [6, 6.07) is 0. The summed E-state index contributed by atoms with van der Waals surface area (Å²) in [5.41, 5.74) is 0. The van der Waals surface area contributed by atoms with Gasteiger partial charge in [-0.2, -0.15) is 0 Å². The van der Waals surface area contributed by atoms with Crippen LogP contribution in [-0.4, -0.2) is 13.1 Å². The summed E-state index contributed by atoms with van der Waals surface area (Å²) < 4.78 is 0. The van der Waals surface area contributed by atoms with Gasteiger partial charge in [-0.1, -0.05) is 20.3 Å². The topological polar surface area (TPSA) is 12.0 Å². The second-order valence-electron chi connectivity index (χ2n) is 3.61. The highest BCUT2D eigenvalue weighted by atomic mass is 14.9. The van der Waals surface area contributed by atoms with E-state index in [1.54, 1.807) is 0 Å². The molecule has 0 radical (unpaired) electrons. The van der Waals surface area contributed by atoms with E-state index >= 15 is 0 Å². The molecule has 0 unspecified atom stereocenters. The molecule has 1 nitrogen and oxygen atoms in total. The first-order valence-electron chi connectivity index (χ1n) is 4.53. The Balaban J connectivity index is 2.11. The van der Waals surface area contributed by atoms with Gasteiger partial charge in [0.1, 0.15) is 0 Å². The van der Waals surface area contributed by atoms with Crippen molar-refractivity contribution in [3.05, 3.63) is 0 Å². The molecule has 0 amide bonds. The van der Waals surface area contributed by atoms with Gasteiger partial charge in [0.2, 0.25) is 0 Å². The average molecular weight is 141 g/mol. The fraction of sp³-hybridized carbons (Fsp3) is 1.00. The fourth-order valence-corrected chi connectivity index (χ4v) is 1.65. The molecular formula is C9H19N. The minimum Gasteiger partial charge on any atom is -0.316 e. The Morgan fingerprint density at radius 2 is 2.40 bits per heavy atom. The molecule has 1 aliphatic heterocycles. The first kappa shape index (κ1) is 8.06. The summed E-state index contributed by atoms with van der Waals surface area (Å²) in [6.07, 6.45) is 4.18. The lowest BCUT2D eigenvalue weighted by molar-refractivity contribution is 0.405. The van der Waals surface area contributed by atoms with Crippen LogP contribution in [0.1, 0.15) is 33.1 Å². The van der Waals surface area contributed by atoms with Gasteiger partial charge in [0.05, 0.1) is 0 Å². The van der Waals surface area contributed by atoms with Crippen molar-refractivity contribution < 1.29 is 0 Å². The number of nitrogens with one attached hydrogen (secondary N) is 1. The van der Waals surface area contributed by atoms with Gasteiger partial charge in [-0.05, 0) is 37.8 Å². The zero-order chi connectivity index (χ0) is 7.40. The maximum absolute atomic E-state index is 3.40. The van der Waals surface area contributed by atoms with E-state index in [0.29, 0.717) is 0 Å². The molecule has 1 heteroatoms. The Morgan fingerprint density at radius 1 is 1.60 bits per heavy atom. The minimum atomic E-state index is 0.935. The maximum Gasteiger partial charge on any atom is -0.00199 e. The van der Waals surface area contributed by atoms with E-state index in [1.807, 2.05) is 0 Å². The van der Waals surface area contributed by atoms with Crippen molar-refractivity contribution in [2.75, 3.05) is 13.1 Å². The summed E-state index contributed by atoms with van der Waals surface area (Å²) in [6.45, 7) is 7.16. The number of hydrogen-bond donors (Lipinski definition) is 1. The van der Waals surface area contributed by atoms with Crippen LogP contribution in [-0.2, 0) is 0 Å². The molecule has 0 aromatic heterocycles. The Morgan fingerprint density at radius 3 is 2.90 bits per heavy atom. The van der Waals surface area contributed by atoms with E-state index < -0.39 is 0 Å². The number of hydrogen-bond acceptors (Lipinski definition) is 1. The molecule has 1 N–H and O–H groups in total. The lowest BCUT2D eigenvalue weighted by Gasteiger charge is -2.12. The van der Waals surface area contributed by atoms with Crippen molar-refractivity contribution >= 4 is 0 Å². The van der Waals surface area contributed by atoms with Crippen molar-refractivity contribution in [3.8, 4) is 0 Å². The smallest absolute Gasteiger partial charge is 0.00199 e. The van der Waals surface area contributed by atoms with Crippen LogP contribution in [0.2, 0.25) is 0 Å². The van der Waals surface area contributed by atoms with E-state index in [4.69, 9.17) is 0 Å². The van der Waals surface area contributed by atoms with Gasteiger partial charge in [-0.25, -0.2) is 0 Å². The van der Waals surface area contributed by atoms with E-state index in [-0.39, 0.29) is 0 Å². The normalized spacial score (nSPS) is 28.8. The highest BCUT2D eigenvalue weighted by molar-refractivity contribution is 4.72. The standard InChI is InChI=1S/C9H19N/c1-3-8(2)6-9-4-5-10-7-9/h8-10H,3-7H2,1-2H3/t8-,9-/m0/s1. The molecule has 0 aromatic rings. The molecule has 1 heterocycles. The quantitative estimate of drug-likeness (QED) is 0.634. The van der Waals surface area contributed by atoms with Gasteiger partial charge in [0.15, 0.2) is 0 Å². The molecule has 0 saturated carbocycles. The third kappa shape index (κ3) is 2.30. The summed E-state index contributed by atoms with van der Waals surface area (Å²) in [5.74, 6) is 1.92. The second-order valence-corrected chi connectivity index (χ2v) is 3.61. The van der Waals surface area contributed by atoms with Crippen LogP contribution in [0.15, 0.2) is 0 Å². The first-order valence-corrected chi connectivity index (χ1v) is 4.53. The molecule has 0 aliphatic carbocycles. The third-order valence-corrected chi connectivity index (χ3v) is 2.60. The van der Waals surface area contributed by atoms with Gasteiger partial charge < -0.3 is 5.32 Å². The third-order valence-electron chi connectivity index (χ3n) is 2.60. The van der Waals surface area contributed by atoms with E-state index in [2.05, 4.69) is 19.2 Å². The van der Waals surface area contributed by atoms with Crippen molar-refractivity contribution in [1.82, 2.24) is 5.32 Å². The average Bonchev–Trinajstić information content (AvgIpc) is 2.40. The van der Waals surface area contributed by atoms with E-state index in [1.165, 1.54) is 32.4 Å². The molecule has 2 atom stereocenters. The zero-order valence-electron chi connectivity index (χ0n) is 7.19. The van der Waals surface area contributed by atoms with Gasteiger partial charge in [-0.15, -0.1) is 0 Å².